The third kappa shape index (κ3) is 3.58. The number of anilines is 1. The van der Waals surface area contributed by atoms with Crippen molar-refractivity contribution >= 4 is 16.7 Å². The third-order valence-electron chi connectivity index (χ3n) is 3.42. The quantitative estimate of drug-likeness (QED) is 0.592. The van der Waals surface area contributed by atoms with Gasteiger partial charge < -0.3 is 10.1 Å². The van der Waals surface area contributed by atoms with Crippen LogP contribution in [0.2, 0.25) is 0 Å². The average molecular weight is 303 g/mol. The summed E-state index contributed by atoms with van der Waals surface area (Å²) < 4.78 is 5.28. The second-order valence-electron chi connectivity index (χ2n) is 4.92. The number of methoxy groups -OCH3 is 1. The van der Waals surface area contributed by atoms with Crippen LogP contribution in [-0.2, 0) is 0 Å². The van der Waals surface area contributed by atoms with Crippen molar-refractivity contribution in [3.05, 3.63) is 60.4 Å². The van der Waals surface area contributed by atoms with Gasteiger partial charge in [0.05, 0.1) is 18.2 Å². The Balaban J connectivity index is 1.63. The molecule has 0 unspecified atom stereocenters. The molecule has 0 amide bonds. The molecule has 0 saturated carbocycles. The minimum absolute atomic E-state index is 0.719. The van der Waals surface area contributed by atoms with E-state index >= 15 is 0 Å². The predicted octanol–water partition coefficient (Wildman–Crippen LogP) is 3.49. The van der Waals surface area contributed by atoms with Crippen molar-refractivity contribution in [3.8, 4) is 17.6 Å². The lowest BCUT2D eigenvalue weighted by Crippen LogP contribution is -2.03. The van der Waals surface area contributed by atoms with Crippen molar-refractivity contribution in [1.82, 2.24) is 9.97 Å². The first-order valence-corrected chi connectivity index (χ1v) is 7.44. The van der Waals surface area contributed by atoms with Gasteiger partial charge in [-0.3, -0.25) is 0 Å². The van der Waals surface area contributed by atoms with E-state index in [9.17, 15) is 0 Å². The van der Waals surface area contributed by atoms with Crippen LogP contribution in [0.4, 0.5) is 5.82 Å². The number of nitrogens with one attached hydrogen (secondary N) is 1. The smallest absolute Gasteiger partial charge is 0.137 e. The van der Waals surface area contributed by atoms with Crippen LogP contribution >= 0.6 is 0 Å². The largest absolute Gasteiger partial charge is 0.495 e. The lowest BCUT2D eigenvalue weighted by molar-refractivity contribution is 0.413. The summed E-state index contributed by atoms with van der Waals surface area (Å²) in [7, 11) is 1.66. The van der Waals surface area contributed by atoms with Crippen LogP contribution in [0.25, 0.3) is 10.9 Å². The minimum atomic E-state index is 0.719. The van der Waals surface area contributed by atoms with Gasteiger partial charge in [0.1, 0.15) is 17.9 Å². The summed E-state index contributed by atoms with van der Waals surface area (Å²) >= 11 is 0. The van der Waals surface area contributed by atoms with E-state index in [2.05, 4.69) is 27.1 Å². The standard InChI is InChI=1S/C19H17N3O/c1-23-18-12-5-2-8-15(18)9-6-7-13-20-19-16-10-3-4-11-17(16)21-14-22-19/h2-5,8,10-12,14H,7,13H2,1H3,(H,20,21,22). The van der Waals surface area contributed by atoms with Gasteiger partial charge in [-0.05, 0) is 24.3 Å². The maximum absolute atomic E-state index is 5.28. The van der Waals surface area contributed by atoms with Gasteiger partial charge in [0, 0.05) is 18.4 Å². The normalized spacial score (nSPS) is 9.96. The summed E-state index contributed by atoms with van der Waals surface area (Å²) in [6.45, 7) is 0.725. The Kier molecular flexibility index (Phi) is 4.70. The van der Waals surface area contributed by atoms with E-state index in [1.165, 1.54) is 0 Å². The van der Waals surface area contributed by atoms with E-state index < -0.39 is 0 Å². The Hall–Kier alpha value is -3.06. The number of hydrogen-bond donors (Lipinski definition) is 1. The fourth-order valence-corrected chi connectivity index (χ4v) is 2.29. The minimum Gasteiger partial charge on any atom is -0.495 e. The Morgan fingerprint density at radius 3 is 2.78 bits per heavy atom. The molecule has 1 aromatic heterocycles. The first kappa shape index (κ1) is 14.9. The van der Waals surface area contributed by atoms with E-state index in [-0.39, 0.29) is 0 Å². The highest BCUT2D eigenvalue weighted by Crippen LogP contribution is 2.18. The molecule has 2 aromatic carbocycles. The molecule has 3 rings (SSSR count). The highest BCUT2D eigenvalue weighted by atomic mass is 16.5. The molecule has 3 aromatic rings. The van der Waals surface area contributed by atoms with Crippen molar-refractivity contribution in [3.63, 3.8) is 0 Å². The third-order valence-corrected chi connectivity index (χ3v) is 3.42. The highest BCUT2D eigenvalue weighted by molar-refractivity contribution is 5.88. The number of ether oxygens (including phenoxy) is 1. The van der Waals surface area contributed by atoms with E-state index in [0.29, 0.717) is 0 Å². The SMILES string of the molecule is COc1ccccc1C#CCCNc1ncnc2ccccc12. The number of rotatable bonds is 4. The van der Waals surface area contributed by atoms with Gasteiger partial charge in [-0.2, -0.15) is 0 Å². The molecule has 0 aliphatic carbocycles. The lowest BCUT2D eigenvalue weighted by Gasteiger charge is -2.06. The molecule has 0 saturated heterocycles. The molecular formula is C19H17N3O. The Labute approximate surface area is 135 Å². The molecule has 0 spiro atoms. The van der Waals surface area contributed by atoms with Crippen LogP contribution in [0.1, 0.15) is 12.0 Å². The zero-order chi connectivity index (χ0) is 15.9. The molecule has 1 heterocycles. The van der Waals surface area contributed by atoms with Crippen LogP contribution in [0.15, 0.2) is 54.9 Å². The Bertz CT molecular complexity index is 860. The molecule has 0 atom stereocenters. The van der Waals surface area contributed by atoms with Crippen LogP contribution in [0, 0.1) is 11.8 Å². The van der Waals surface area contributed by atoms with Gasteiger partial charge in [0.15, 0.2) is 0 Å². The monoisotopic (exact) mass is 303 g/mol. The van der Waals surface area contributed by atoms with Crippen molar-refractivity contribution in [1.29, 1.82) is 0 Å². The molecule has 4 nitrogen and oxygen atoms in total. The molecule has 0 aliphatic heterocycles. The van der Waals surface area contributed by atoms with E-state index in [1.54, 1.807) is 13.4 Å². The molecule has 0 fully saturated rings. The summed E-state index contributed by atoms with van der Waals surface area (Å²) in [5, 5.41) is 4.34. The Morgan fingerprint density at radius 1 is 1.04 bits per heavy atom. The van der Waals surface area contributed by atoms with E-state index in [4.69, 9.17) is 4.74 Å². The molecule has 0 radical (unpaired) electrons. The zero-order valence-corrected chi connectivity index (χ0v) is 12.9. The Morgan fingerprint density at radius 2 is 1.87 bits per heavy atom. The zero-order valence-electron chi connectivity index (χ0n) is 12.9. The first-order chi connectivity index (χ1) is 11.4. The predicted molar refractivity (Wildman–Crippen MR) is 92.5 cm³/mol. The highest BCUT2D eigenvalue weighted by Gasteiger charge is 2.01. The number of nitrogens with zero attached hydrogens (tertiary/aromatic N) is 2. The van der Waals surface area contributed by atoms with Crippen molar-refractivity contribution in [2.45, 2.75) is 6.42 Å². The fourth-order valence-electron chi connectivity index (χ4n) is 2.29. The van der Waals surface area contributed by atoms with Gasteiger partial charge in [0.25, 0.3) is 0 Å². The molecule has 114 valence electrons. The van der Waals surface area contributed by atoms with Crippen LogP contribution in [0.3, 0.4) is 0 Å². The summed E-state index contributed by atoms with van der Waals surface area (Å²) in [5.74, 6) is 7.94. The lowest BCUT2D eigenvalue weighted by atomic mass is 10.2. The van der Waals surface area contributed by atoms with E-state index in [1.807, 2.05) is 48.5 Å². The second kappa shape index (κ2) is 7.28. The summed E-state index contributed by atoms with van der Waals surface area (Å²) in [6, 6.07) is 15.7. The summed E-state index contributed by atoms with van der Waals surface area (Å²) in [5.41, 5.74) is 1.84. The average Bonchev–Trinajstić information content (AvgIpc) is 2.62. The maximum Gasteiger partial charge on any atom is 0.137 e. The van der Waals surface area contributed by atoms with Crippen LogP contribution in [-0.4, -0.2) is 23.6 Å². The maximum atomic E-state index is 5.28. The van der Waals surface area contributed by atoms with Crippen molar-refractivity contribution in [2.24, 2.45) is 0 Å². The first-order valence-electron chi connectivity index (χ1n) is 7.44. The number of fused-ring (bicyclic) bond motifs is 1. The molecule has 0 bridgehead atoms. The van der Waals surface area contributed by atoms with Crippen LogP contribution < -0.4 is 10.1 Å². The molecule has 0 aliphatic rings. The van der Waals surface area contributed by atoms with E-state index in [0.717, 1.165) is 41.0 Å². The number of para-hydroxylation sites is 2. The molecule has 23 heavy (non-hydrogen) atoms. The van der Waals surface area contributed by atoms with Gasteiger partial charge in [-0.15, -0.1) is 0 Å². The number of benzene rings is 2. The fraction of sp³-hybridized carbons (Fsp3) is 0.158. The summed E-state index contributed by atoms with van der Waals surface area (Å²) in [4.78, 5) is 8.55. The van der Waals surface area contributed by atoms with Crippen molar-refractivity contribution in [2.75, 3.05) is 19.0 Å². The second-order valence-corrected chi connectivity index (χ2v) is 4.92. The van der Waals surface area contributed by atoms with Gasteiger partial charge in [-0.25, -0.2) is 9.97 Å². The number of hydrogen-bond acceptors (Lipinski definition) is 4. The molecular weight excluding hydrogens is 286 g/mol. The summed E-state index contributed by atoms with van der Waals surface area (Å²) in [6.07, 6.45) is 2.29. The van der Waals surface area contributed by atoms with Crippen molar-refractivity contribution < 1.29 is 4.74 Å². The number of aromatic nitrogens is 2. The topological polar surface area (TPSA) is 47.0 Å². The van der Waals surface area contributed by atoms with Gasteiger partial charge in [-0.1, -0.05) is 36.1 Å². The van der Waals surface area contributed by atoms with Gasteiger partial charge in [0.2, 0.25) is 0 Å². The van der Waals surface area contributed by atoms with Crippen LogP contribution in [0.5, 0.6) is 5.75 Å². The molecule has 1 N–H and O–H groups in total. The van der Waals surface area contributed by atoms with Gasteiger partial charge >= 0.3 is 0 Å². The molecule has 4 heteroatoms.